The number of benzene rings is 1. The molecule has 2 unspecified atom stereocenters. The third-order valence-electron chi connectivity index (χ3n) is 4.86. The summed E-state index contributed by atoms with van der Waals surface area (Å²) >= 11 is 0. The summed E-state index contributed by atoms with van der Waals surface area (Å²) in [6.07, 6.45) is 4.07. The van der Waals surface area contributed by atoms with E-state index in [2.05, 4.69) is 52.0 Å². The molecule has 0 aromatic heterocycles. The Morgan fingerprint density at radius 3 is 2.32 bits per heavy atom. The number of carbonyl (C=O) groups excluding carboxylic acids is 1. The molecule has 0 amide bonds. The first-order valence-corrected chi connectivity index (χ1v) is 7.57. The van der Waals surface area contributed by atoms with Crippen LogP contribution in [0.1, 0.15) is 58.1 Å². The van der Waals surface area contributed by atoms with Crippen molar-refractivity contribution in [3.63, 3.8) is 0 Å². The summed E-state index contributed by atoms with van der Waals surface area (Å²) in [4.78, 5) is 12.3. The minimum absolute atomic E-state index is 0.0382. The van der Waals surface area contributed by atoms with Crippen molar-refractivity contribution in [2.45, 2.75) is 58.8 Å². The molecule has 1 heteroatoms. The topological polar surface area (TPSA) is 17.1 Å². The van der Waals surface area contributed by atoms with Gasteiger partial charge in [0.2, 0.25) is 0 Å². The molecule has 1 nitrogen and oxygen atoms in total. The van der Waals surface area contributed by atoms with Crippen LogP contribution in [0.25, 0.3) is 0 Å². The molecule has 1 aromatic rings. The molecule has 0 radical (unpaired) electrons. The average Bonchev–Trinajstić information content (AvgIpc) is 2.38. The Morgan fingerprint density at radius 2 is 1.79 bits per heavy atom. The quantitative estimate of drug-likeness (QED) is 0.778. The van der Waals surface area contributed by atoms with Crippen LogP contribution in [-0.2, 0) is 16.6 Å². The van der Waals surface area contributed by atoms with Crippen LogP contribution in [-0.4, -0.2) is 5.78 Å². The lowest BCUT2D eigenvalue weighted by Crippen LogP contribution is -2.38. The van der Waals surface area contributed by atoms with Crippen molar-refractivity contribution in [2.75, 3.05) is 0 Å². The third kappa shape index (κ3) is 2.91. The molecule has 0 aliphatic heterocycles. The van der Waals surface area contributed by atoms with Gasteiger partial charge in [-0.05, 0) is 41.7 Å². The lowest BCUT2D eigenvalue weighted by Gasteiger charge is -2.38. The number of hydrogen-bond acceptors (Lipinski definition) is 1. The molecule has 0 saturated heterocycles. The maximum absolute atomic E-state index is 12.3. The molecule has 104 valence electrons. The molecule has 2 atom stereocenters. The molecule has 1 aliphatic carbocycles. The van der Waals surface area contributed by atoms with Crippen molar-refractivity contribution >= 4 is 5.78 Å². The van der Waals surface area contributed by atoms with Gasteiger partial charge < -0.3 is 0 Å². The van der Waals surface area contributed by atoms with Crippen LogP contribution in [0.2, 0.25) is 0 Å². The van der Waals surface area contributed by atoms with Gasteiger partial charge in [-0.25, -0.2) is 0 Å². The molecule has 0 N–H and O–H groups in total. The van der Waals surface area contributed by atoms with Gasteiger partial charge in [0, 0.05) is 12.3 Å². The van der Waals surface area contributed by atoms with Crippen molar-refractivity contribution in [3.05, 3.63) is 35.4 Å². The SMILES string of the molecule is CCc1ccc(C(C)(C)C2CCC(C)CC2=O)cc1. The Morgan fingerprint density at radius 1 is 1.16 bits per heavy atom. The number of aryl methyl sites for hydroxylation is 1. The number of Topliss-reactive ketones (excluding diaryl/α,β-unsaturated/α-hetero) is 1. The molecule has 1 aromatic carbocycles. The smallest absolute Gasteiger partial charge is 0.137 e. The summed E-state index contributed by atoms with van der Waals surface area (Å²) in [6.45, 7) is 8.82. The van der Waals surface area contributed by atoms with Crippen molar-refractivity contribution < 1.29 is 4.79 Å². The van der Waals surface area contributed by atoms with E-state index >= 15 is 0 Å². The lowest BCUT2D eigenvalue weighted by atomic mass is 9.65. The first-order chi connectivity index (χ1) is 8.95. The van der Waals surface area contributed by atoms with E-state index in [0.29, 0.717) is 11.7 Å². The predicted molar refractivity (Wildman–Crippen MR) is 80.4 cm³/mol. The van der Waals surface area contributed by atoms with Crippen molar-refractivity contribution in [1.29, 1.82) is 0 Å². The maximum atomic E-state index is 12.3. The fourth-order valence-electron chi connectivity index (χ4n) is 3.33. The van der Waals surface area contributed by atoms with Crippen LogP contribution >= 0.6 is 0 Å². The second kappa shape index (κ2) is 5.48. The van der Waals surface area contributed by atoms with E-state index in [0.717, 1.165) is 19.3 Å². The predicted octanol–water partition coefficient (Wildman–Crippen LogP) is 4.53. The van der Waals surface area contributed by atoms with Crippen LogP contribution in [0, 0.1) is 11.8 Å². The van der Waals surface area contributed by atoms with Crippen molar-refractivity contribution in [3.8, 4) is 0 Å². The van der Waals surface area contributed by atoms with Crippen LogP contribution in [0.4, 0.5) is 0 Å². The van der Waals surface area contributed by atoms with Gasteiger partial charge in [-0.1, -0.05) is 52.0 Å². The van der Waals surface area contributed by atoms with Gasteiger partial charge in [-0.2, -0.15) is 0 Å². The zero-order valence-electron chi connectivity index (χ0n) is 12.7. The average molecular weight is 258 g/mol. The first kappa shape index (κ1) is 14.3. The Bertz CT molecular complexity index is 441. The van der Waals surface area contributed by atoms with Crippen molar-refractivity contribution in [2.24, 2.45) is 11.8 Å². The van der Waals surface area contributed by atoms with E-state index in [1.54, 1.807) is 0 Å². The van der Waals surface area contributed by atoms with Gasteiger partial charge in [0.15, 0.2) is 0 Å². The Balaban J connectivity index is 2.22. The van der Waals surface area contributed by atoms with Crippen molar-refractivity contribution in [1.82, 2.24) is 0 Å². The minimum atomic E-state index is -0.0382. The molecule has 0 spiro atoms. The monoisotopic (exact) mass is 258 g/mol. The lowest BCUT2D eigenvalue weighted by molar-refractivity contribution is -0.128. The Labute approximate surface area is 117 Å². The van der Waals surface area contributed by atoms with Crippen LogP contribution in [0.15, 0.2) is 24.3 Å². The van der Waals surface area contributed by atoms with E-state index in [1.165, 1.54) is 17.5 Å². The number of rotatable bonds is 3. The zero-order valence-corrected chi connectivity index (χ0v) is 12.7. The fourth-order valence-corrected chi connectivity index (χ4v) is 3.33. The van der Waals surface area contributed by atoms with Gasteiger partial charge >= 0.3 is 0 Å². The highest BCUT2D eigenvalue weighted by Crippen LogP contribution is 2.40. The van der Waals surface area contributed by atoms with Gasteiger partial charge in [0.1, 0.15) is 5.78 Å². The molecular weight excluding hydrogens is 232 g/mol. The largest absolute Gasteiger partial charge is 0.299 e. The molecule has 19 heavy (non-hydrogen) atoms. The molecular formula is C18H26O. The summed E-state index contributed by atoms with van der Waals surface area (Å²) in [5.41, 5.74) is 2.63. The number of carbonyl (C=O) groups is 1. The fraction of sp³-hybridized carbons (Fsp3) is 0.611. The molecule has 1 aliphatic rings. The Kier molecular flexibility index (Phi) is 4.13. The summed E-state index contributed by atoms with van der Waals surface area (Å²) < 4.78 is 0. The highest BCUT2D eigenvalue weighted by Gasteiger charge is 2.38. The second-order valence-electron chi connectivity index (χ2n) is 6.68. The highest BCUT2D eigenvalue weighted by molar-refractivity contribution is 5.83. The Hall–Kier alpha value is -1.11. The van der Waals surface area contributed by atoms with Crippen LogP contribution < -0.4 is 0 Å². The van der Waals surface area contributed by atoms with Crippen LogP contribution in [0.3, 0.4) is 0 Å². The molecule has 0 bridgehead atoms. The van der Waals surface area contributed by atoms with E-state index in [-0.39, 0.29) is 11.3 Å². The summed E-state index contributed by atoms with van der Waals surface area (Å²) in [6, 6.07) is 8.83. The van der Waals surface area contributed by atoms with E-state index in [1.807, 2.05) is 0 Å². The van der Waals surface area contributed by atoms with Crippen LogP contribution in [0.5, 0.6) is 0 Å². The molecule has 0 heterocycles. The number of ketones is 1. The highest BCUT2D eigenvalue weighted by atomic mass is 16.1. The standard InChI is InChI=1S/C18H26O/c1-5-14-7-9-15(10-8-14)18(3,4)16-11-6-13(2)12-17(16)19/h7-10,13,16H,5-6,11-12H2,1-4H3. The molecule has 2 rings (SSSR count). The van der Waals surface area contributed by atoms with Gasteiger partial charge in [-0.15, -0.1) is 0 Å². The van der Waals surface area contributed by atoms with Gasteiger partial charge in [-0.3, -0.25) is 4.79 Å². The maximum Gasteiger partial charge on any atom is 0.137 e. The van der Waals surface area contributed by atoms with Gasteiger partial charge in [0.05, 0.1) is 0 Å². The van der Waals surface area contributed by atoms with E-state index < -0.39 is 0 Å². The second-order valence-corrected chi connectivity index (χ2v) is 6.68. The first-order valence-electron chi connectivity index (χ1n) is 7.57. The molecule has 1 saturated carbocycles. The molecule has 1 fully saturated rings. The van der Waals surface area contributed by atoms with E-state index in [9.17, 15) is 4.79 Å². The third-order valence-corrected chi connectivity index (χ3v) is 4.86. The normalized spacial score (nSPS) is 24.5. The summed E-state index contributed by atoms with van der Waals surface area (Å²) in [5.74, 6) is 1.22. The summed E-state index contributed by atoms with van der Waals surface area (Å²) in [5, 5.41) is 0. The zero-order chi connectivity index (χ0) is 14.0. The minimum Gasteiger partial charge on any atom is -0.299 e. The van der Waals surface area contributed by atoms with E-state index in [4.69, 9.17) is 0 Å². The summed E-state index contributed by atoms with van der Waals surface area (Å²) in [7, 11) is 0. The van der Waals surface area contributed by atoms with Gasteiger partial charge in [0.25, 0.3) is 0 Å². The number of hydrogen-bond donors (Lipinski definition) is 0.